The van der Waals surface area contributed by atoms with Crippen molar-refractivity contribution in [1.29, 1.82) is 0 Å². The molecule has 2 aliphatic rings. The highest BCUT2D eigenvalue weighted by Gasteiger charge is 2.26. The summed E-state index contributed by atoms with van der Waals surface area (Å²) in [5.41, 5.74) is 1.49. The first-order valence-electron chi connectivity index (χ1n) is 11.1. The van der Waals surface area contributed by atoms with Crippen LogP contribution in [0, 0.1) is 5.82 Å². The Morgan fingerprint density at radius 3 is 2.61 bits per heavy atom. The fourth-order valence-electron chi connectivity index (χ4n) is 4.58. The first-order valence-corrected chi connectivity index (χ1v) is 11.1. The van der Waals surface area contributed by atoms with E-state index in [9.17, 15) is 9.18 Å². The maximum absolute atomic E-state index is 13.4. The van der Waals surface area contributed by atoms with Crippen molar-refractivity contribution in [3.8, 4) is 5.75 Å². The fourth-order valence-corrected chi connectivity index (χ4v) is 4.58. The molecule has 0 unspecified atom stereocenters. The number of aromatic nitrogens is 2. The van der Waals surface area contributed by atoms with E-state index >= 15 is 0 Å². The van der Waals surface area contributed by atoms with E-state index in [1.54, 1.807) is 22.7 Å². The normalized spacial score (nSPS) is 18.0. The number of halogens is 1. The Hall–Kier alpha value is -2.93. The average molecular weight is 423 g/mol. The van der Waals surface area contributed by atoms with Crippen LogP contribution in [0.25, 0.3) is 5.65 Å². The lowest BCUT2D eigenvalue weighted by Gasteiger charge is -2.32. The maximum Gasteiger partial charge on any atom is 0.264 e. The van der Waals surface area contributed by atoms with Gasteiger partial charge in [0, 0.05) is 45.0 Å². The van der Waals surface area contributed by atoms with Crippen LogP contribution >= 0.6 is 0 Å². The molecule has 6 nitrogen and oxygen atoms in total. The van der Waals surface area contributed by atoms with Crippen LogP contribution in [0.1, 0.15) is 31.2 Å². The standard InChI is InChI=1S/C24H27FN4O2/c25-18-6-5-7-20(16-18)31-19-9-14-27(15-10-19)17-21-23(28-11-3-4-12-28)26-22-8-1-2-13-29(22)24(21)30/h1-2,5-8,13,16,19H,3-4,9-12,14-15,17H2. The molecule has 0 aliphatic carbocycles. The van der Waals surface area contributed by atoms with Crippen LogP contribution in [0.2, 0.25) is 0 Å². The number of ether oxygens (including phenoxy) is 1. The molecule has 162 valence electrons. The summed E-state index contributed by atoms with van der Waals surface area (Å²) in [5, 5.41) is 0. The number of rotatable bonds is 5. The number of hydrogen-bond acceptors (Lipinski definition) is 5. The average Bonchev–Trinajstić information content (AvgIpc) is 3.32. The highest BCUT2D eigenvalue weighted by atomic mass is 19.1. The fraction of sp³-hybridized carbons (Fsp3) is 0.417. The topological polar surface area (TPSA) is 50.1 Å². The van der Waals surface area contributed by atoms with E-state index in [2.05, 4.69) is 9.80 Å². The highest BCUT2D eigenvalue weighted by Crippen LogP contribution is 2.25. The molecular weight excluding hydrogens is 395 g/mol. The molecular formula is C24H27FN4O2. The molecule has 2 fully saturated rings. The summed E-state index contributed by atoms with van der Waals surface area (Å²) in [6.07, 6.45) is 5.82. The van der Waals surface area contributed by atoms with Gasteiger partial charge in [-0.15, -0.1) is 0 Å². The van der Waals surface area contributed by atoms with Crippen molar-refractivity contribution >= 4 is 11.5 Å². The molecule has 0 spiro atoms. The summed E-state index contributed by atoms with van der Waals surface area (Å²) in [6.45, 7) is 4.15. The second-order valence-electron chi connectivity index (χ2n) is 8.39. The Morgan fingerprint density at radius 2 is 1.84 bits per heavy atom. The minimum Gasteiger partial charge on any atom is -0.490 e. The summed E-state index contributed by atoms with van der Waals surface area (Å²) >= 11 is 0. The summed E-state index contributed by atoms with van der Waals surface area (Å²) in [7, 11) is 0. The second kappa shape index (κ2) is 8.67. The minimum atomic E-state index is -0.284. The number of likely N-dealkylation sites (tertiary alicyclic amines) is 1. The van der Waals surface area contributed by atoms with Gasteiger partial charge in [-0.05, 0) is 49.9 Å². The van der Waals surface area contributed by atoms with Crippen molar-refractivity contribution < 1.29 is 9.13 Å². The van der Waals surface area contributed by atoms with E-state index in [-0.39, 0.29) is 17.5 Å². The van der Waals surface area contributed by atoms with Crippen molar-refractivity contribution in [2.45, 2.75) is 38.3 Å². The molecule has 2 aromatic heterocycles. The minimum absolute atomic E-state index is 0.0191. The van der Waals surface area contributed by atoms with Gasteiger partial charge in [0.15, 0.2) is 0 Å². The molecule has 3 aromatic rings. The summed E-state index contributed by atoms with van der Waals surface area (Å²) in [4.78, 5) is 22.7. The molecule has 0 radical (unpaired) electrons. The first-order chi connectivity index (χ1) is 15.2. The van der Waals surface area contributed by atoms with Crippen LogP contribution in [-0.4, -0.2) is 46.6 Å². The largest absolute Gasteiger partial charge is 0.490 e. The van der Waals surface area contributed by atoms with Gasteiger partial charge in [-0.3, -0.25) is 14.1 Å². The highest BCUT2D eigenvalue weighted by molar-refractivity contribution is 5.54. The molecule has 0 N–H and O–H groups in total. The maximum atomic E-state index is 13.4. The van der Waals surface area contributed by atoms with E-state index in [0.29, 0.717) is 17.9 Å². The zero-order valence-electron chi connectivity index (χ0n) is 17.5. The van der Waals surface area contributed by atoms with E-state index in [1.807, 2.05) is 18.2 Å². The molecule has 5 rings (SSSR count). The lowest BCUT2D eigenvalue weighted by molar-refractivity contribution is 0.0963. The molecule has 2 saturated heterocycles. The van der Waals surface area contributed by atoms with Crippen molar-refractivity contribution in [2.75, 3.05) is 31.1 Å². The lowest BCUT2D eigenvalue weighted by atomic mass is 10.1. The van der Waals surface area contributed by atoms with Crippen LogP contribution in [0.15, 0.2) is 53.5 Å². The third-order valence-electron chi connectivity index (χ3n) is 6.23. The van der Waals surface area contributed by atoms with Crippen LogP contribution in [0.5, 0.6) is 5.75 Å². The van der Waals surface area contributed by atoms with Gasteiger partial charge in [-0.25, -0.2) is 9.37 Å². The Kier molecular flexibility index (Phi) is 5.59. The van der Waals surface area contributed by atoms with Crippen LogP contribution < -0.4 is 15.2 Å². The number of anilines is 1. The Morgan fingerprint density at radius 1 is 1.03 bits per heavy atom. The molecule has 0 saturated carbocycles. The van der Waals surface area contributed by atoms with Crippen LogP contribution in [0.4, 0.5) is 10.2 Å². The summed E-state index contributed by atoms with van der Waals surface area (Å²) < 4.78 is 21.0. The lowest BCUT2D eigenvalue weighted by Crippen LogP contribution is -2.40. The van der Waals surface area contributed by atoms with Crippen molar-refractivity contribution in [1.82, 2.24) is 14.3 Å². The van der Waals surface area contributed by atoms with E-state index < -0.39 is 0 Å². The predicted octanol–water partition coefficient (Wildman–Crippen LogP) is 3.48. The molecule has 1 aromatic carbocycles. The van der Waals surface area contributed by atoms with Crippen LogP contribution in [-0.2, 0) is 6.54 Å². The van der Waals surface area contributed by atoms with Gasteiger partial charge in [-0.1, -0.05) is 12.1 Å². The number of nitrogens with zero attached hydrogens (tertiary/aromatic N) is 4. The molecule has 0 atom stereocenters. The van der Waals surface area contributed by atoms with Crippen molar-refractivity contribution in [3.63, 3.8) is 0 Å². The van der Waals surface area contributed by atoms with Gasteiger partial charge >= 0.3 is 0 Å². The van der Waals surface area contributed by atoms with Gasteiger partial charge in [0.2, 0.25) is 0 Å². The molecule has 0 amide bonds. The monoisotopic (exact) mass is 422 g/mol. The summed E-state index contributed by atoms with van der Waals surface area (Å²) in [5.74, 6) is 1.13. The van der Waals surface area contributed by atoms with Gasteiger partial charge in [-0.2, -0.15) is 0 Å². The number of pyridine rings is 1. The van der Waals surface area contributed by atoms with Crippen molar-refractivity contribution in [2.24, 2.45) is 0 Å². The Labute approximate surface area is 180 Å². The zero-order chi connectivity index (χ0) is 21.2. The van der Waals surface area contributed by atoms with E-state index in [0.717, 1.165) is 63.2 Å². The van der Waals surface area contributed by atoms with E-state index in [1.165, 1.54) is 12.1 Å². The number of piperidine rings is 1. The Balaban J connectivity index is 1.33. The van der Waals surface area contributed by atoms with Crippen LogP contribution in [0.3, 0.4) is 0 Å². The SMILES string of the molecule is O=c1c(CN2CCC(Oc3cccc(F)c3)CC2)c(N2CCCC2)nc2ccccn12. The first kappa shape index (κ1) is 20.0. The third kappa shape index (κ3) is 4.28. The summed E-state index contributed by atoms with van der Waals surface area (Å²) in [6, 6.07) is 12.0. The van der Waals surface area contributed by atoms with E-state index in [4.69, 9.17) is 9.72 Å². The molecule has 31 heavy (non-hydrogen) atoms. The molecule has 4 heterocycles. The number of fused-ring (bicyclic) bond motifs is 1. The smallest absolute Gasteiger partial charge is 0.264 e. The zero-order valence-corrected chi connectivity index (χ0v) is 17.5. The quantitative estimate of drug-likeness (QED) is 0.630. The number of benzene rings is 1. The van der Waals surface area contributed by atoms with Gasteiger partial charge in [0.25, 0.3) is 5.56 Å². The van der Waals surface area contributed by atoms with Gasteiger partial charge in [0.1, 0.15) is 29.1 Å². The predicted molar refractivity (Wildman–Crippen MR) is 118 cm³/mol. The molecule has 2 aliphatic heterocycles. The second-order valence-corrected chi connectivity index (χ2v) is 8.39. The van der Waals surface area contributed by atoms with Crippen molar-refractivity contribution in [3.05, 3.63) is 70.4 Å². The van der Waals surface area contributed by atoms with Gasteiger partial charge in [0.05, 0.1) is 5.56 Å². The number of hydrogen-bond donors (Lipinski definition) is 0. The molecule has 7 heteroatoms. The molecule has 0 bridgehead atoms. The third-order valence-corrected chi connectivity index (χ3v) is 6.23. The Bertz CT molecular complexity index is 1120. The van der Waals surface area contributed by atoms with Gasteiger partial charge < -0.3 is 9.64 Å².